The number of hydrogen-bond acceptors (Lipinski definition) is 6. The van der Waals surface area contributed by atoms with Gasteiger partial charge in [-0.25, -0.2) is 4.98 Å². The average Bonchev–Trinajstić information content (AvgIpc) is 3.56. The molecule has 1 saturated carbocycles. The molecule has 0 bridgehead atoms. The fourth-order valence-electron chi connectivity index (χ4n) is 3.51. The molecule has 1 aliphatic carbocycles. The van der Waals surface area contributed by atoms with Crippen LogP contribution < -0.4 is 20.1 Å². The number of hydrogen-bond donors (Lipinski definition) is 2. The van der Waals surface area contributed by atoms with Gasteiger partial charge in [-0.05, 0) is 43.5 Å². The second kappa shape index (κ2) is 10.0. The molecule has 7 nitrogen and oxygen atoms in total. The van der Waals surface area contributed by atoms with Crippen molar-refractivity contribution in [3.8, 4) is 22.1 Å². The van der Waals surface area contributed by atoms with Crippen molar-refractivity contribution in [3.63, 3.8) is 0 Å². The number of carbonyl (C=O) groups excluding carboxylic acids is 2. The first-order valence-corrected chi connectivity index (χ1v) is 11.6. The number of rotatable bonds is 9. The molecule has 1 fully saturated rings. The summed E-state index contributed by atoms with van der Waals surface area (Å²) in [6.07, 6.45) is 2.40. The van der Waals surface area contributed by atoms with E-state index in [0.29, 0.717) is 33.5 Å². The first-order chi connectivity index (χ1) is 16.0. The number of aryl methyl sites for hydroxylation is 1. The van der Waals surface area contributed by atoms with Gasteiger partial charge in [0, 0.05) is 18.0 Å². The van der Waals surface area contributed by atoms with Crippen molar-refractivity contribution in [1.82, 2.24) is 15.6 Å². The normalized spacial score (nSPS) is 13.8. The molecule has 1 heterocycles. The highest BCUT2D eigenvalue weighted by Crippen LogP contribution is 2.35. The van der Waals surface area contributed by atoms with Gasteiger partial charge in [-0.3, -0.25) is 9.59 Å². The highest BCUT2D eigenvalue weighted by atomic mass is 32.1. The fourth-order valence-corrected chi connectivity index (χ4v) is 4.48. The Bertz CT molecular complexity index is 1140. The number of aromatic nitrogens is 1. The minimum atomic E-state index is -0.661. The number of nitrogens with one attached hydrogen (secondary N) is 2. The van der Waals surface area contributed by atoms with E-state index < -0.39 is 6.04 Å². The summed E-state index contributed by atoms with van der Waals surface area (Å²) in [4.78, 5) is 31.1. The first-order valence-electron chi connectivity index (χ1n) is 10.8. The van der Waals surface area contributed by atoms with E-state index in [1.165, 1.54) is 11.3 Å². The van der Waals surface area contributed by atoms with E-state index in [2.05, 4.69) is 15.6 Å². The summed E-state index contributed by atoms with van der Waals surface area (Å²) in [5.74, 6) is 0.757. The molecule has 0 aliphatic heterocycles. The maximum absolute atomic E-state index is 13.2. The van der Waals surface area contributed by atoms with Crippen molar-refractivity contribution in [2.75, 3.05) is 14.2 Å². The van der Waals surface area contributed by atoms with E-state index in [4.69, 9.17) is 9.47 Å². The van der Waals surface area contributed by atoms with Crippen LogP contribution in [-0.4, -0.2) is 43.1 Å². The Morgan fingerprint density at radius 2 is 1.82 bits per heavy atom. The molecule has 4 rings (SSSR count). The molecule has 2 aromatic carbocycles. The third kappa shape index (κ3) is 5.51. The maximum atomic E-state index is 13.2. The van der Waals surface area contributed by atoms with E-state index in [-0.39, 0.29) is 17.9 Å². The fraction of sp³-hybridized carbons (Fsp3) is 0.320. The van der Waals surface area contributed by atoms with Crippen LogP contribution in [0, 0.1) is 6.92 Å². The highest BCUT2D eigenvalue weighted by molar-refractivity contribution is 7.17. The topological polar surface area (TPSA) is 89.5 Å². The van der Waals surface area contributed by atoms with E-state index in [1.807, 2.05) is 48.5 Å². The summed E-state index contributed by atoms with van der Waals surface area (Å²) in [5.41, 5.74) is 2.43. The van der Waals surface area contributed by atoms with Crippen LogP contribution in [0.15, 0.2) is 48.5 Å². The standard InChI is InChI=1S/C25H27N3O4S/c1-15-22(33-25(26-15)17-9-12-20(31-2)21(14-17)32-3)24(30)28-19(23(29)27-18-10-11-18)13-16-7-5-4-6-8-16/h4-9,12,14,18-19H,10-11,13H2,1-3H3,(H,27,29)(H,28,30). The molecule has 0 spiro atoms. The van der Waals surface area contributed by atoms with Crippen molar-refractivity contribution in [3.05, 3.63) is 64.7 Å². The smallest absolute Gasteiger partial charge is 0.263 e. The second-order valence-corrected chi connectivity index (χ2v) is 9.00. The molecule has 1 atom stereocenters. The highest BCUT2D eigenvalue weighted by Gasteiger charge is 2.29. The molecule has 1 aromatic heterocycles. The van der Waals surface area contributed by atoms with E-state index in [0.717, 1.165) is 24.0 Å². The van der Waals surface area contributed by atoms with E-state index in [9.17, 15) is 9.59 Å². The van der Waals surface area contributed by atoms with Gasteiger partial charge in [0.15, 0.2) is 11.5 Å². The van der Waals surface area contributed by atoms with Gasteiger partial charge in [-0.15, -0.1) is 11.3 Å². The summed E-state index contributed by atoms with van der Waals surface area (Å²) < 4.78 is 10.7. The SMILES string of the molecule is COc1ccc(-c2nc(C)c(C(=O)NC(Cc3ccccc3)C(=O)NC3CC3)s2)cc1OC. The number of amides is 2. The summed E-state index contributed by atoms with van der Waals surface area (Å²) >= 11 is 1.29. The van der Waals surface area contributed by atoms with Crippen LogP contribution in [0.25, 0.3) is 10.6 Å². The third-order valence-electron chi connectivity index (χ3n) is 5.46. The lowest BCUT2D eigenvalue weighted by molar-refractivity contribution is -0.123. The molecule has 2 amide bonds. The van der Waals surface area contributed by atoms with Gasteiger partial charge >= 0.3 is 0 Å². The molecule has 0 saturated heterocycles. The predicted molar refractivity (Wildman–Crippen MR) is 128 cm³/mol. The van der Waals surface area contributed by atoms with Crippen molar-refractivity contribution in [2.45, 2.75) is 38.3 Å². The summed E-state index contributed by atoms with van der Waals surface area (Å²) in [6, 6.07) is 14.8. The number of thiazole rings is 1. The Labute approximate surface area is 197 Å². The Kier molecular flexibility index (Phi) is 6.93. The van der Waals surface area contributed by atoms with Gasteiger partial charge in [0.25, 0.3) is 5.91 Å². The van der Waals surface area contributed by atoms with Crippen molar-refractivity contribution in [2.24, 2.45) is 0 Å². The Hall–Kier alpha value is -3.39. The Morgan fingerprint density at radius 3 is 2.48 bits per heavy atom. The lowest BCUT2D eigenvalue weighted by Crippen LogP contribution is -2.48. The van der Waals surface area contributed by atoms with Gasteiger partial charge < -0.3 is 20.1 Å². The van der Waals surface area contributed by atoms with Crippen LogP contribution in [0.4, 0.5) is 0 Å². The van der Waals surface area contributed by atoms with Crippen LogP contribution in [-0.2, 0) is 11.2 Å². The van der Waals surface area contributed by atoms with Gasteiger partial charge in [-0.1, -0.05) is 30.3 Å². The summed E-state index contributed by atoms with van der Waals surface area (Å²) in [6.45, 7) is 1.80. The van der Waals surface area contributed by atoms with E-state index >= 15 is 0 Å². The monoisotopic (exact) mass is 465 g/mol. The van der Waals surface area contributed by atoms with Crippen LogP contribution in [0.3, 0.4) is 0 Å². The molecular formula is C25H27N3O4S. The quantitative estimate of drug-likeness (QED) is 0.502. The van der Waals surface area contributed by atoms with Crippen molar-refractivity contribution in [1.29, 1.82) is 0 Å². The van der Waals surface area contributed by atoms with Gasteiger partial charge in [0.2, 0.25) is 5.91 Å². The summed E-state index contributed by atoms with van der Waals surface area (Å²) in [7, 11) is 3.16. The van der Waals surface area contributed by atoms with Crippen molar-refractivity contribution < 1.29 is 19.1 Å². The number of nitrogens with zero attached hydrogens (tertiary/aromatic N) is 1. The second-order valence-electron chi connectivity index (χ2n) is 8.00. The molecule has 1 unspecified atom stereocenters. The van der Waals surface area contributed by atoms with Crippen molar-refractivity contribution >= 4 is 23.2 Å². The Balaban J connectivity index is 1.54. The molecule has 33 heavy (non-hydrogen) atoms. The van der Waals surface area contributed by atoms with Crippen LogP contribution in [0.5, 0.6) is 11.5 Å². The molecule has 2 N–H and O–H groups in total. The average molecular weight is 466 g/mol. The molecule has 0 radical (unpaired) electrons. The number of benzene rings is 2. The number of ether oxygens (including phenoxy) is 2. The Morgan fingerprint density at radius 1 is 1.09 bits per heavy atom. The van der Waals surface area contributed by atoms with Crippen LogP contribution in [0.2, 0.25) is 0 Å². The zero-order chi connectivity index (χ0) is 23.4. The molecule has 8 heteroatoms. The minimum absolute atomic E-state index is 0.156. The zero-order valence-electron chi connectivity index (χ0n) is 18.9. The lowest BCUT2D eigenvalue weighted by atomic mass is 10.0. The van der Waals surface area contributed by atoms with Crippen LogP contribution in [0.1, 0.15) is 33.8 Å². The third-order valence-corrected chi connectivity index (χ3v) is 6.67. The summed E-state index contributed by atoms with van der Waals surface area (Å²) in [5, 5.41) is 6.64. The maximum Gasteiger partial charge on any atom is 0.263 e. The molecule has 3 aromatic rings. The molecule has 172 valence electrons. The van der Waals surface area contributed by atoms with Gasteiger partial charge in [0.1, 0.15) is 15.9 Å². The first kappa shape index (κ1) is 22.8. The lowest BCUT2D eigenvalue weighted by Gasteiger charge is -2.18. The number of methoxy groups -OCH3 is 2. The molecular weight excluding hydrogens is 438 g/mol. The van der Waals surface area contributed by atoms with E-state index in [1.54, 1.807) is 21.1 Å². The predicted octanol–water partition coefficient (Wildman–Crippen LogP) is 3.76. The number of carbonyl (C=O) groups is 2. The molecule has 1 aliphatic rings. The van der Waals surface area contributed by atoms with Crippen LogP contribution >= 0.6 is 11.3 Å². The van der Waals surface area contributed by atoms with Gasteiger partial charge in [0.05, 0.1) is 19.9 Å². The minimum Gasteiger partial charge on any atom is -0.493 e. The zero-order valence-corrected chi connectivity index (χ0v) is 19.7. The largest absolute Gasteiger partial charge is 0.493 e. The van der Waals surface area contributed by atoms with Gasteiger partial charge in [-0.2, -0.15) is 0 Å².